The molecule has 194 valence electrons. The number of carbonyl (C=O) groups is 2. The summed E-state index contributed by atoms with van der Waals surface area (Å²) in [4.78, 5) is 22.5. The van der Waals surface area contributed by atoms with E-state index in [2.05, 4.69) is 24.1 Å². The molecule has 0 aromatic heterocycles. The molecule has 0 amide bonds. The molecule has 7 N–H and O–H groups in total. The minimum absolute atomic E-state index is 0.00838. The number of hydrogen-bond acceptors (Lipinski definition) is 10. The summed E-state index contributed by atoms with van der Waals surface area (Å²) in [6.07, 6.45) is -3.90. The van der Waals surface area contributed by atoms with Crippen LogP contribution in [0.25, 0.3) is 0 Å². The molecule has 0 saturated heterocycles. The lowest BCUT2D eigenvalue weighted by molar-refractivity contribution is -0.172. The predicted octanol–water partition coefficient (Wildman–Crippen LogP) is -1.55. The molecule has 4 rings (SSSR count). The van der Waals surface area contributed by atoms with Crippen molar-refractivity contribution in [2.45, 2.75) is 61.4 Å². The maximum Gasteiger partial charge on any atom is 0.335 e. The Labute approximate surface area is 201 Å². The van der Waals surface area contributed by atoms with Gasteiger partial charge in [-0.15, -0.1) is 0 Å². The maximum atomic E-state index is 10.1. The Morgan fingerprint density at radius 1 is 1.11 bits per heavy atom. The van der Waals surface area contributed by atoms with Crippen LogP contribution in [0.3, 0.4) is 0 Å². The van der Waals surface area contributed by atoms with Gasteiger partial charge in [0.1, 0.15) is 18.3 Å². The Kier molecular flexibility index (Phi) is 8.04. The summed E-state index contributed by atoms with van der Waals surface area (Å²) in [6, 6.07) is 4.16. The number of carboxylic acid groups (broad SMARTS) is 2. The number of benzene rings is 1. The van der Waals surface area contributed by atoms with Gasteiger partial charge in [-0.05, 0) is 31.6 Å². The summed E-state index contributed by atoms with van der Waals surface area (Å²) < 4.78 is 11.8. The van der Waals surface area contributed by atoms with E-state index in [1.54, 1.807) is 7.11 Å². The number of aliphatic hydroxyl groups excluding tert-OH is 5. The number of aliphatic hydroxyl groups is 5. The highest BCUT2D eigenvalue weighted by Gasteiger charge is 2.52. The van der Waals surface area contributed by atoms with Crippen LogP contribution in [0.15, 0.2) is 24.3 Å². The number of carboxylic acids is 2. The molecule has 7 atom stereocenters. The van der Waals surface area contributed by atoms with E-state index >= 15 is 0 Å². The standard InChI is InChI=1S/C17H21NO3.C6H10O8/c1-18-8-7-17-6-5-12(19)9-14(17)21-16-13(20-2)4-3-11(10-18)15(16)17;7-1(3(9)5(11)12)2(8)4(10)6(13)14/h3-6,12,14,19H,7-10H2,1-2H3;1-4,7-10H,(H,11,12)(H,13,14)/t12-,14-,17-;1-,2-,3-,4+/m00/s1. The van der Waals surface area contributed by atoms with E-state index in [0.29, 0.717) is 6.42 Å². The smallest absolute Gasteiger partial charge is 0.335 e. The van der Waals surface area contributed by atoms with Crippen molar-refractivity contribution < 1.29 is 54.8 Å². The Morgan fingerprint density at radius 2 is 1.71 bits per heavy atom. The van der Waals surface area contributed by atoms with Gasteiger partial charge in [0.05, 0.1) is 18.6 Å². The molecular weight excluding hydrogens is 466 g/mol. The average molecular weight is 497 g/mol. The quantitative estimate of drug-likeness (QED) is 0.224. The molecule has 2 aliphatic heterocycles. The van der Waals surface area contributed by atoms with Gasteiger partial charge in [0, 0.05) is 18.5 Å². The van der Waals surface area contributed by atoms with Crippen LogP contribution in [-0.4, -0.2) is 110 Å². The van der Waals surface area contributed by atoms with Gasteiger partial charge in [0.15, 0.2) is 23.7 Å². The van der Waals surface area contributed by atoms with Gasteiger partial charge in [-0.2, -0.15) is 0 Å². The van der Waals surface area contributed by atoms with Crippen molar-refractivity contribution in [3.8, 4) is 11.5 Å². The lowest BCUT2D eigenvalue weighted by Gasteiger charge is -2.35. The van der Waals surface area contributed by atoms with E-state index < -0.39 is 42.5 Å². The number of nitrogens with zero attached hydrogens (tertiary/aromatic N) is 1. The van der Waals surface area contributed by atoms with Crippen LogP contribution < -0.4 is 9.47 Å². The van der Waals surface area contributed by atoms with Crippen LogP contribution >= 0.6 is 0 Å². The summed E-state index contributed by atoms with van der Waals surface area (Å²) in [5, 5.41) is 61.4. The highest BCUT2D eigenvalue weighted by Crippen LogP contribution is 2.55. The highest BCUT2D eigenvalue weighted by molar-refractivity contribution is 5.75. The maximum absolute atomic E-state index is 10.1. The largest absolute Gasteiger partial charge is 0.493 e. The molecule has 0 unspecified atom stereocenters. The molecule has 12 nitrogen and oxygen atoms in total. The van der Waals surface area contributed by atoms with Gasteiger partial charge in [0.2, 0.25) is 0 Å². The fourth-order valence-electron chi connectivity index (χ4n) is 4.74. The fraction of sp³-hybridized carbons (Fsp3) is 0.565. The lowest BCUT2D eigenvalue weighted by Crippen LogP contribution is -2.49. The van der Waals surface area contributed by atoms with Crippen LogP contribution in [0, 0.1) is 0 Å². The average Bonchev–Trinajstić information content (AvgIpc) is 3.08. The Morgan fingerprint density at radius 3 is 2.26 bits per heavy atom. The Hall–Kier alpha value is -2.74. The third-order valence-electron chi connectivity index (χ3n) is 6.65. The van der Waals surface area contributed by atoms with E-state index in [4.69, 9.17) is 40.1 Å². The lowest BCUT2D eigenvalue weighted by atomic mass is 9.69. The Balaban J connectivity index is 0.000000216. The van der Waals surface area contributed by atoms with E-state index in [-0.39, 0.29) is 11.5 Å². The second-order valence-electron chi connectivity index (χ2n) is 8.98. The van der Waals surface area contributed by atoms with Gasteiger partial charge < -0.3 is 50.1 Å². The predicted molar refractivity (Wildman–Crippen MR) is 119 cm³/mol. The van der Waals surface area contributed by atoms with Gasteiger partial charge in [0.25, 0.3) is 0 Å². The van der Waals surface area contributed by atoms with Crippen LogP contribution in [0.4, 0.5) is 0 Å². The minimum Gasteiger partial charge on any atom is -0.493 e. The van der Waals surface area contributed by atoms with Gasteiger partial charge in [-0.25, -0.2) is 9.59 Å². The van der Waals surface area contributed by atoms with Gasteiger partial charge >= 0.3 is 11.9 Å². The molecule has 0 fully saturated rings. The van der Waals surface area contributed by atoms with Crippen molar-refractivity contribution in [2.75, 3.05) is 20.7 Å². The molecule has 1 aromatic rings. The van der Waals surface area contributed by atoms with Crippen LogP contribution in [0.5, 0.6) is 11.5 Å². The number of rotatable bonds is 6. The first kappa shape index (κ1) is 26.9. The van der Waals surface area contributed by atoms with Crippen molar-refractivity contribution >= 4 is 11.9 Å². The number of ether oxygens (including phenoxy) is 2. The molecular formula is C23H31NO11. The number of methoxy groups -OCH3 is 1. The molecule has 0 bridgehead atoms. The molecule has 3 aliphatic rings. The van der Waals surface area contributed by atoms with Crippen molar-refractivity contribution in [1.29, 1.82) is 0 Å². The molecule has 1 aromatic carbocycles. The number of hydrogen-bond donors (Lipinski definition) is 7. The van der Waals surface area contributed by atoms with Gasteiger partial charge in [-0.1, -0.05) is 18.2 Å². The third-order valence-corrected chi connectivity index (χ3v) is 6.65. The summed E-state index contributed by atoms with van der Waals surface area (Å²) >= 11 is 0. The van der Waals surface area contributed by atoms with E-state index in [1.807, 2.05) is 12.1 Å². The SMILES string of the molecule is COc1ccc2c3c1O[C@H]1C[C@@H](O)C=C[C@@]31CCN(C)C2.O=C(O)[C@@H](O)[C@@H](O)[C@H](O)[C@@H](O)C(=O)O. The fourth-order valence-corrected chi connectivity index (χ4v) is 4.74. The highest BCUT2D eigenvalue weighted by atomic mass is 16.5. The normalized spacial score (nSPS) is 28.1. The second kappa shape index (κ2) is 10.5. The molecule has 1 spiro atoms. The first-order valence-corrected chi connectivity index (χ1v) is 11.0. The van der Waals surface area contributed by atoms with E-state index in [9.17, 15) is 14.7 Å². The van der Waals surface area contributed by atoms with Crippen LogP contribution in [0.1, 0.15) is 24.0 Å². The summed E-state index contributed by atoms with van der Waals surface area (Å²) in [5.74, 6) is -1.99. The van der Waals surface area contributed by atoms with Crippen molar-refractivity contribution in [3.05, 3.63) is 35.4 Å². The monoisotopic (exact) mass is 497 g/mol. The second-order valence-corrected chi connectivity index (χ2v) is 8.98. The molecule has 0 saturated carbocycles. The summed E-state index contributed by atoms with van der Waals surface area (Å²) in [7, 11) is 3.84. The topological polar surface area (TPSA) is 197 Å². The van der Waals surface area contributed by atoms with Crippen molar-refractivity contribution in [1.82, 2.24) is 4.90 Å². The van der Waals surface area contributed by atoms with E-state index in [0.717, 1.165) is 31.0 Å². The number of aliphatic carboxylic acids is 2. The zero-order valence-corrected chi connectivity index (χ0v) is 19.3. The summed E-state index contributed by atoms with van der Waals surface area (Å²) in [5.41, 5.74) is 2.48. The van der Waals surface area contributed by atoms with Crippen molar-refractivity contribution in [2.24, 2.45) is 0 Å². The van der Waals surface area contributed by atoms with Crippen molar-refractivity contribution in [3.63, 3.8) is 0 Å². The van der Waals surface area contributed by atoms with Crippen LogP contribution in [-0.2, 0) is 21.5 Å². The first-order valence-electron chi connectivity index (χ1n) is 11.0. The molecule has 0 radical (unpaired) electrons. The summed E-state index contributed by atoms with van der Waals surface area (Å²) in [6.45, 7) is 1.96. The van der Waals surface area contributed by atoms with Crippen LogP contribution in [0.2, 0.25) is 0 Å². The first-order chi connectivity index (χ1) is 16.4. The molecule has 1 aliphatic carbocycles. The third kappa shape index (κ3) is 5.13. The molecule has 2 heterocycles. The zero-order valence-electron chi connectivity index (χ0n) is 19.3. The molecule has 35 heavy (non-hydrogen) atoms. The van der Waals surface area contributed by atoms with E-state index in [1.165, 1.54) is 11.1 Å². The molecule has 12 heteroatoms. The van der Waals surface area contributed by atoms with Gasteiger partial charge in [-0.3, -0.25) is 0 Å². The minimum atomic E-state index is -2.36. The Bertz CT molecular complexity index is 958. The zero-order chi connectivity index (χ0) is 26.1.